The third-order valence-electron chi connectivity index (χ3n) is 3.73. The van der Waals surface area contributed by atoms with Gasteiger partial charge in [0.05, 0.1) is 11.0 Å². The van der Waals surface area contributed by atoms with Crippen LogP contribution in [0.1, 0.15) is 25.8 Å². The van der Waals surface area contributed by atoms with E-state index >= 15 is 0 Å². The van der Waals surface area contributed by atoms with Crippen LogP contribution in [0.4, 0.5) is 11.5 Å². The summed E-state index contributed by atoms with van der Waals surface area (Å²) < 4.78 is 0. The van der Waals surface area contributed by atoms with E-state index in [-0.39, 0.29) is 29.1 Å². The van der Waals surface area contributed by atoms with Crippen LogP contribution in [0.3, 0.4) is 0 Å². The van der Waals surface area contributed by atoms with E-state index in [0.717, 1.165) is 5.56 Å². The van der Waals surface area contributed by atoms with Gasteiger partial charge in [0.25, 0.3) is 0 Å². The predicted octanol–water partition coefficient (Wildman–Crippen LogP) is 1.87. The number of hydrogen-bond donors (Lipinski definition) is 2. The summed E-state index contributed by atoms with van der Waals surface area (Å²) in [6.45, 7) is 5.62. The third-order valence-corrected chi connectivity index (χ3v) is 3.73. The average molecular weight is 251 g/mol. The number of aromatic nitrogens is 1. The Morgan fingerprint density at radius 2 is 2.28 bits per heavy atom. The standard InChI is InChI=1S/C12H17N3O3/c1-7-4-8(15(17)18)11(13-6-7)14-9-5-10(16)12(9,2)3/h4,6,9-10,16H,5H2,1-3H3,(H,13,14). The van der Waals surface area contributed by atoms with E-state index in [1.165, 1.54) is 6.07 Å². The van der Waals surface area contributed by atoms with Crippen molar-refractivity contribution in [1.82, 2.24) is 4.98 Å². The highest BCUT2D eigenvalue weighted by molar-refractivity contribution is 5.57. The van der Waals surface area contributed by atoms with Crippen molar-refractivity contribution in [2.45, 2.75) is 39.3 Å². The van der Waals surface area contributed by atoms with E-state index in [1.807, 2.05) is 13.8 Å². The number of pyridine rings is 1. The Morgan fingerprint density at radius 3 is 2.78 bits per heavy atom. The molecule has 1 aromatic rings. The summed E-state index contributed by atoms with van der Waals surface area (Å²) >= 11 is 0. The van der Waals surface area contributed by atoms with Crippen LogP contribution in [0.2, 0.25) is 0 Å². The molecule has 0 saturated heterocycles. The van der Waals surface area contributed by atoms with E-state index < -0.39 is 4.92 Å². The SMILES string of the molecule is Cc1cnc(NC2CC(O)C2(C)C)c([N+](=O)[O-])c1. The lowest BCUT2D eigenvalue weighted by molar-refractivity contribution is -0.384. The maximum Gasteiger partial charge on any atom is 0.311 e. The first-order chi connectivity index (χ1) is 8.32. The molecule has 6 heteroatoms. The van der Waals surface area contributed by atoms with Gasteiger partial charge >= 0.3 is 5.69 Å². The number of aliphatic hydroxyl groups is 1. The smallest absolute Gasteiger partial charge is 0.311 e. The van der Waals surface area contributed by atoms with Crippen molar-refractivity contribution in [1.29, 1.82) is 0 Å². The molecule has 1 heterocycles. The number of hydrogen-bond acceptors (Lipinski definition) is 5. The second kappa shape index (κ2) is 4.20. The molecule has 2 unspecified atom stereocenters. The van der Waals surface area contributed by atoms with Crippen molar-refractivity contribution in [2.75, 3.05) is 5.32 Å². The number of aryl methyl sites for hydroxylation is 1. The van der Waals surface area contributed by atoms with Gasteiger partial charge < -0.3 is 10.4 Å². The Hall–Kier alpha value is -1.69. The van der Waals surface area contributed by atoms with Crippen LogP contribution in [-0.4, -0.2) is 27.2 Å². The Labute approximate surface area is 105 Å². The third kappa shape index (κ3) is 2.03. The molecule has 6 nitrogen and oxygen atoms in total. The zero-order valence-electron chi connectivity index (χ0n) is 10.7. The van der Waals surface area contributed by atoms with Gasteiger partial charge in [-0.3, -0.25) is 10.1 Å². The Bertz CT molecular complexity index is 487. The lowest BCUT2D eigenvalue weighted by Gasteiger charge is -2.49. The van der Waals surface area contributed by atoms with Crippen LogP contribution >= 0.6 is 0 Å². The Balaban J connectivity index is 2.23. The van der Waals surface area contributed by atoms with Gasteiger partial charge in [0.15, 0.2) is 0 Å². The first kappa shape index (κ1) is 12.8. The van der Waals surface area contributed by atoms with Gasteiger partial charge in [-0.2, -0.15) is 0 Å². The van der Waals surface area contributed by atoms with Crippen LogP contribution < -0.4 is 5.32 Å². The molecule has 98 valence electrons. The molecule has 1 fully saturated rings. The number of aliphatic hydroxyl groups excluding tert-OH is 1. The fourth-order valence-electron chi connectivity index (χ4n) is 2.12. The Morgan fingerprint density at radius 1 is 1.61 bits per heavy atom. The molecule has 1 aliphatic carbocycles. The first-order valence-electron chi connectivity index (χ1n) is 5.88. The lowest BCUT2D eigenvalue weighted by Crippen LogP contribution is -2.57. The molecule has 2 rings (SSSR count). The fraction of sp³-hybridized carbons (Fsp3) is 0.583. The van der Waals surface area contributed by atoms with Crippen LogP contribution in [0, 0.1) is 22.5 Å². The highest BCUT2D eigenvalue weighted by Gasteiger charge is 2.47. The van der Waals surface area contributed by atoms with Gasteiger partial charge in [-0.15, -0.1) is 0 Å². The average Bonchev–Trinajstić information content (AvgIpc) is 2.30. The zero-order valence-corrected chi connectivity index (χ0v) is 10.7. The van der Waals surface area contributed by atoms with Crippen molar-refractivity contribution in [3.63, 3.8) is 0 Å². The summed E-state index contributed by atoms with van der Waals surface area (Å²) in [7, 11) is 0. The molecule has 0 spiro atoms. The molecule has 1 saturated carbocycles. The molecule has 18 heavy (non-hydrogen) atoms. The van der Waals surface area contributed by atoms with Crippen LogP contribution in [0.25, 0.3) is 0 Å². The minimum Gasteiger partial charge on any atom is -0.392 e. The number of rotatable bonds is 3. The van der Waals surface area contributed by atoms with Crippen molar-refractivity contribution < 1.29 is 10.0 Å². The molecule has 0 aliphatic heterocycles. The second-order valence-corrected chi connectivity index (χ2v) is 5.41. The summed E-state index contributed by atoms with van der Waals surface area (Å²) in [6.07, 6.45) is 1.80. The summed E-state index contributed by atoms with van der Waals surface area (Å²) in [5.74, 6) is 0.274. The van der Waals surface area contributed by atoms with Crippen LogP contribution in [0.5, 0.6) is 0 Å². The molecule has 1 aliphatic rings. The van der Waals surface area contributed by atoms with E-state index in [9.17, 15) is 15.2 Å². The summed E-state index contributed by atoms with van der Waals surface area (Å²) in [4.78, 5) is 14.6. The van der Waals surface area contributed by atoms with Gasteiger partial charge in [-0.05, 0) is 18.9 Å². The molecule has 1 aromatic heterocycles. The molecule has 2 atom stereocenters. The number of nitrogens with zero attached hydrogens (tertiary/aromatic N) is 2. The minimum absolute atomic E-state index is 0.00130. The molecular weight excluding hydrogens is 234 g/mol. The van der Waals surface area contributed by atoms with E-state index in [4.69, 9.17) is 0 Å². The first-order valence-corrected chi connectivity index (χ1v) is 5.88. The number of anilines is 1. The van der Waals surface area contributed by atoms with Gasteiger partial charge in [-0.25, -0.2) is 4.98 Å². The normalized spacial score (nSPS) is 25.3. The highest BCUT2D eigenvalue weighted by atomic mass is 16.6. The van der Waals surface area contributed by atoms with Crippen LogP contribution in [-0.2, 0) is 0 Å². The quantitative estimate of drug-likeness (QED) is 0.632. The molecule has 0 radical (unpaired) electrons. The second-order valence-electron chi connectivity index (χ2n) is 5.41. The van der Waals surface area contributed by atoms with E-state index in [1.54, 1.807) is 13.1 Å². The van der Waals surface area contributed by atoms with Crippen molar-refractivity contribution in [3.05, 3.63) is 27.9 Å². The maximum atomic E-state index is 11.0. The molecule has 0 bridgehead atoms. The zero-order chi connectivity index (χ0) is 13.5. The fourth-order valence-corrected chi connectivity index (χ4v) is 2.12. The largest absolute Gasteiger partial charge is 0.392 e. The maximum absolute atomic E-state index is 11.0. The minimum atomic E-state index is -0.440. The Kier molecular flexibility index (Phi) is 2.98. The number of nitrogens with one attached hydrogen (secondary N) is 1. The highest BCUT2D eigenvalue weighted by Crippen LogP contribution is 2.42. The van der Waals surface area contributed by atoms with Crippen molar-refractivity contribution in [2.24, 2.45) is 5.41 Å². The van der Waals surface area contributed by atoms with E-state index in [2.05, 4.69) is 10.3 Å². The molecule has 2 N–H and O–H groups in total. The summed E-state index contributed by atoms with van der Waals surface area (Å²) in [5.41, 5.74) is 0.438. The summed E-state index contributed by atoms with van der Waals surface area (Å²) in [6, 6.07) is 1.50. The molecule has 0 aromatic carbocycles. The van der Waals surface area contributed by atoms with Crippen molar-refractivity contribution >= 4 is 11.5 Å². The monoisotopic (exact) mass is 251 g/mol. The van der Waals surface area contributed by atoms with Gasteiger partial charge in [0.1, 0.15) is 0 Å². The van der Waals surface area contributed by atoms with E-state index in [0.29, 0.717) is 6.42 Å². The van der Waals surface area contributed by atoms with Gasteiger partial charge in [0, 0.05) is 23.7 Å². The lowest BCUT2D eigenvalue weighted by atomic mass is 9.64. The molecular formula is C12H17N3O3. The topological polar surface area (TPSA) is 88.3 Å². The number of nitro groups is 1. The molecule has 0 amide bonds. The summed E-state index contributed by atoms with van der Waals surface area (Å²) in [5, 5.41) is 23.7. The van der Waals surface area contributed by atoms with Gasteiger partial charge in [-0.1, -0.05) is 13.8 Å². The van der Waals surface area contributed by atoms with Gasteiger partial charge in [0.2, 0.25) is 5.82 Å². The predicted molar refractivity (Wildman–Crippen MR) is 67.4 cm³/mol. The van der Waals surface area contributed by atoms with Crippen molar-refractivity contribution in [3.8, 4) is 0 Å². The van der Waals surface area contributed by atoms with Crippen LogP contribution in [0.15, 0.2) is 12.3 Å².